The Morgan fingerprint density at radius 3 is 2.50 bits per heavy atom. The van der Waals surface area contributed by atoms with Gasteiger partial charge in [-0.3, -0.25) is 0 Å². The highest BCUT2D eigenvalue weighted by Crippen LogP contribution is 2.39. The van der Waals surface area contributed by atoms with Crippen LogP contribution in [0.25, 0.3) is 5.70 Å². The zero-order valence-electron chi connectivity index (χ0n) is 12.2. The van der Waals surface area contributed by atoms with Crippen molar-refractivity contribution in [3.8, 4) is 0 Å². The standard InChI is InChI=1S/C14H14F3N3O2/c1-7-4-12(20(2)19-7)8-5-9(13(21)22-3)11(18)6-10(8)14(15,16)17/h4-7H,1-3H3,(H-,18,21)/p+1. The van der Waals surface area contributed by atoms with E-state index in [1.807, 2.05) is 0 Å². The van der Waals surface area contributed by atoms with E-state index in [2.05, 4.69) is 9.85 Å². The Morgan fingerprint density at radius 1 is 1.41 bits per heavy atom. The number of methoxy groups -OCH3 is 1. The second-order valence-electron chi connectivity index (χ2n) is 4.91. The van der Waals surface area contributed by atoms with Gasteiger partial charge in [0.05, 0.1) is 23.8 Å². The SMILES string of the molecule is COC(=O)c1cc(C2=CC(C)N=[N+]2C)c(C(F)(F)F)cc1N. The van der Waals surface area contributed by atoms with Crippen molar-refractivity contribution in [2.75, 3.05) is 19.9 Å². The molecule has 1 aromatic carbocycles. The van der Waals surface area contributed by atoms with Crippen LogP contribution >= 0.6 is 0 Å². The summed E-state index contributed by atoms with van der Waals surface area (Å²) in [6.45, 7) is 1.75. The number of nitrogen functional groups attached to an aromatic ring is 1. The lowest BCUT2D eigenvalue weighted by atomic mass is 9.98. The predicted molar refractivity (Wildman–Crippen MR) is 73.2 cm³/mol. The van der Waals surface area contributed by atoms with Crippen molar-refractivity contribution in [1.82, 2.24) is 0 Å². The van der Waals surface area contributed by atoms with E-state index in [9.17, 15) is 18.0 Å². The summed E-state index contributed by atoms with van der Waals surface area (Å²) in [5.41, 5.74) is 4.37. The molecule has 2 N–H and O–H groups in total. The first-order valence-corrected chi connectivity index (χ1v) is 6.41. The lowest BCUT2D eigenvalue weighted by molar-refractivity contribution is -0.469. The van der Waals surface area contributed by atoms with Crippen molar-refractivity contribution in [3.05, 3.63) is 34.9 Å². The van der Waals surface area contributed by atoms with Crippen LogP contribution in [0.15, 0.2) is 23.3 Å². The maximum Gasteiger partial charge on any atom is 0.417 e. The van der Waals surface area contributed by atoms with Crippen LogP contribution in [-0.4, -0.2) is 30.9 Å². The summed E-state index contributed by atoms with van der Waals surface area (Å²) in [5.74, 6) is -0.793. The molecule has 5 nitrogen and oxygen atoms in total. The Balaban J connectivity index is 2.72. The summed E-state index contributed by atoms with van der Waals surface area (Å²) in [6.07, 6.45) is -3.02. The van der Waals surface area contributed by atoms with E-state index < -0.39 is 17.7 Å². The molecule has 1 unspecified atom stereocenters. The number of benzene rings is 1. The van der Waals surface area contributed by atoms with E-state index in [1.165, 1.54) is 4.70 Å². The molecule has 1 atom stereocenters. The number of nitrogens with zero attached hydrogens (tertiary/aromatic N) is 2. The average molecular weight is 314 g/mol. The number of azo groups is 2. The van der Waals surface area contributed by atoms with Crippen molar-refractivity contribution in [2.45, 2.75) is 19.1 Å². The van der Waals surface area contributed by atoms with Crippen LogP contribution < -0.4 is 5.73 Å². The number of hydrogen-bond acceptors (Lipinski definition) is 4. The van der Waals surface area contributed by atoms with Gasteiger partial charge in [-0.05, 0) is 24.2 Å². The molecule has 0 aliphatic carbocycles. The van der Waals surface area contributed by atoms with Gasteiger partial charge in [0.1, 0.15) is 6.04 Å². The topological polar surface area (TPSA) is 67.7 Å². The van der Waals surface area contributed by atoms with Crippen molar-refractivity contribution < 1.29 is 27.4 Å². The number of carbonyl (C=O) groups excluding carboxylic acids is 1. The Labute approximate surface area is 124 Å². The largest absolute Gasteiger partial charge is 0.465 e. The second kappa shape index (κ2) is 5.43. The molecule has 1 aliphatic rings. The third-order valence-corrected chi connectivity index (χ3v) is 3.28. The number of ether oxygens (including phenoxy) is 1. The first-order chi connectivity index (χ1) is 10.1. The minimum absolute atomic E-state index is 0.112. The maximum atomic E-state index is 13.3. The van der Waals surface area contributed by atoms with E-state index in [0.717, 1.165) is 19.2 Å². The van der Waals surface area contributed by atoms with Crippen LogP contribution in [0.1, 0.15) is 28.4 Å². The van der Waals surface area contributed by atoms with Crippen LogP contribution in [0.2, 0.25) is 0 Å². The summed E-state index contributed by atoms with van der Waals surface area (Å²) in [7, 11) is 2.68. The lowest BCUT2D eigenvalue weighted by Gasteiger charge is -2.14. The monoisotopic (exact) mass is 314 g/mol. The van der Waals surface area contributed by atoms with Gasteiger partial charge < -0.3 is 10.5 Å². The van der Waals surface area contributed by atoms with Gasteiger partial charge in [0.2, 0.25) is 5.70 Å². The molecule has 0 fully saturated rings. The van der Waals surface area contributed by atoms with E-state index in [-0.39, 0.29) is 28.6 Å². The van der Waals surface area contributed by atoms with E-state index in [1.54, 1.807) is 20.0 Å². The lowest BCUT2D eigenvalue weighted by Crippen LogP contribution is -2.15. The molecule has 0 radical (unpaired) electrons. The number of hydrogen-bond donors (Lipinski definition) is 1. The highest BCUT2D eigenvalue weighted by Gasteiger charge is 2.39. The third-order valence-electron chi connectivity index (χ3n) is 3.28. The first-order valence-electron chi connectivity index (χ1n) is 6.41. The predicted octanol–water partition coefficient (Wildman–Crippen LogP) is 2.91. The third kappa shape index (κ3) is 2.81. The molecular weight excluding hydrogens is 299 g/mol. The van der Waals surface area contributed by atoms with Gasteiger partial charge in [-0.1, -0.05) is 4.70 Å². The molecule has 118 valence electrons. The molecule has 1 aromatic rings. The van der Waals surface area contributed by atoms with Gasteiger partial charge in [0, 0.05) is 11.8 Å². The van der Waals surface area contributed by atoms with Crippen LogP contribution in [0.4, 0.5) is 18.9 Å². The molecular formula is C14H15F3N3O2+. The number of alkyl halides is 3. The quantitative estimate of drug-likeness (QED) is 0.518. The minimum atomic E-state index is -4.61. The van der Waals surface area contributed by atoms with Gasteiger partial charge in [-0.2, -0.15) is 13.2 Å². The molecule has 22 heavy (non-hydrogen) atoms. The van der Waals surface area contributed by atoms with E-state index in [4.69, 9.17) is 5.73 Å². The summed E-state index contributed by atoms with van der Waals surface area (Å²) >= 11 is 0. The number of nitrogens with two attached hydrogens (primary N) is 1. The zero-order chi connectivity index (χ0) is 16.7. The van der Waals surface area contributed by atoms with Gasteiger partial charge >= 0.3 is 12.1 Å². The first kappa shape index (κ1) is 16.0. The Morgan fingerprint density at radius 2 is 2.05 bits per heavy atom. The van der Waals surface area contributed by atoms with Crippen LogP contribution in [0.3, 0.4) is 0 Å². The fourth-order valence-corrected chi connectivity index (χ4v) is 2.32. The fourth-order valence-electron chi connectivity index (χ4n) is 2.32. The number of halogens is 3. The molecule has 0 aromatic heterocycles. The molecule has 2 rings (SSSR count). The van der Waals surface area contributed by atoms with Crippen molar-refractivity contribution in [1.29, 1.82) is 0 Å². The fraction of sp³-hybridized carbons (Fsp3) is 0.357. The molecule has 1 heterocycles. The molecule has 1 aliphatic heterocycles. The number of esters is 1. The smallest absolute Gasteiger partial charge is 0.417 e. The van der Waals surface area contributed by atoms with Crippen molar-refractivity contribution >= 4 is 17.4 Å². The van der Waals surface area contributed by atoms with Crippen LogP contribution in [0.5, 0.6) is 0 Å². The summed E-state index contributed by atoms with van der Waals surface area (Å²) in [5, 5.41) is 4.11. The van der Waals surface area contributed by atoms with Crippen molar-refractivity contribution in [3.63, 3.8) is 0 Å². The summed E-state index contributed by atoms with van der Waals surface area (Å²) in [4.78, 5) is 11.7. The Hall–Kier alpha value is -2.38. The van der Waals surface area contributed by atoms with Gasteiger partial charge in [0.25, 0.3) is 0 Å². The zero-order valence-corrected chi connectivity index (χ0v) is 12.2. The Kier molecular flexibility index (Phi) is 3.95. The molecule has 0 saturated heterocycles. The summed E-state index contributed by atoms with van der Waals surface area (Å²) < 4.78 is 45.7. The number of carbonyl (C=O) groups is 1. The highest BCUT2D eigenvalue weighted by atomic mass is 19.4. The van der Waals surface area contributed by atoms with Crippen LogP contribution in [-0.2, 0) is 10.9 Å². The Bertz CT molecular complexity index is 693. The van der Waals surface area contributed by atoms with Gasteiger partial charge in [-0.25, -0.2) is 4.79 Å². The maximum absolute atomic E-state index is 13.3. The number of anilines is 1. The molecule has 0 amide bonds. The molecule has 8 heteroatoms. The van der Waals surface area contributed by atoms with Crippen LogP contribution in [0, 0.1) is 0 Å². The minimum Gasteiger partial charge on any atom is -0.465 e. The summed E-state index contributed by atoms with van der Waals surface area (Å²) in [6, 6.07) is 1.60. The second-order valence-corrected chi connectivity index (χ2v) is 4.91. The van der Waals surface area contributed by atoms with Gasteiger partial charge in [-0.15, -0.1) is 0 Å². The average Bonchev–Trinajstić information content (AvgIpc) is 2.75. The normalized spacial score (nSPS) is 18.0. The highest BCUT2D eigenvalue weighted by molar-refractivity contribution is 5.96. The van der Waals surface area contributed by atoms with E-state index >= 15 is 0 Å². The van der Waals surface area contributed by atoms with Gasteiger partial charge in [0.15, 0.2) is 7.05 Å². The van der Waals surface area contributed by atoms with E-state index in [0.29, 0.717) is 0 Å². The van der Waals surface area contributed by atoms with Crippen molar-refractivity contribution in [2.24, 2.45) is 5.11 Å². The molecule has 0 spiro atoms. The molecule has 0 bridgehead atoms. The molecule has 0 saturated carbocycles. The number of rotatable bonds is 2.